The van der Waals surface area contributed by atoms with Gasteiger partial charge in [0.1, 0.15) is 5.75 Å². The van der Waals surface area contributed by atoms with E-state index in [0.29, 0.717) is 29.6 Å². The van der Waals surface area contributed by atoms with Crippen molar-refractivity contribution in [3.8, 4) is 11.5 Å². The lowest BCUT2D eigenvalue weighted by Crippen LogP contribution is -2.13. The second kappa shape index (κ2) is 8.49. The van der Waals surface area contributed by atoms with Gasteiger partial charge in [-0.3, -0.25) is 4.79 Å². The van der Waals surface area contributed by atoms with Gasteiger partial charge in [0.25, 0.3) is 0 Å². The minimum Gasteiger partial charge on any atom is -0.455 e. The van der Waals surface area contributed by atoms with E-state index in [-0.39, 0.29) is 18.2 Å². The summed E-state index contributed by atoms with van der Waals surface area (Å²) in [7, 11) is 0. The van der Waals surface area contributed by atoms with Crippen molar-refractivity contribution >= 4 is 11.6 Å². The molecule has 1 aromatic heterocycles. The van der Waals surface area contributed by atoms with Crippen molar-refractivity contribution in [3.05, 3.63) is 65.8 Å². The van der Waals surface area contributed by atoms with Crippen molar-refractivity contribution in [2.75, 3.05) is 5.32 Å². The molecule has 0 radical (unpaired) electrons. The Balaban J connectivity index is 1.62. The lowest BCUT2D eigenvalue weighted by molar-refractivity contribution is -0.116. The van der Waals surface area contributed by atoms with E-state index in [9.17, 15) is 4.79 Å². The third-order valence-corrected chi connectivity index (χ3v) is 3.94. The number of benzene rings is 2. The van der Waals surface area contributed by atoms with E-state index < -0.39 is 0 Å². The summed E-state index contributed by atoms with van der Waals surface area (Å²) in [5, 5.41) is 6.80. The first kappa shape index (κ1) is 18.6. The van der Waals surface area contributed by atoms with E-state index >= 15 is 0 Å². The number of carbonyl (C=O) groups is 1. The second-order valence-electron chi connectivity index (χ2n) is 6.66. The maximum absolute atomic E-state index is 12.3. The quantitative estimate of drug-likeness (QED) is 0.647. The fraction of sp³-hybridized carbons (Fsp3) is 0.286. The number of nitrogens with one attached hydrogen (secondary N) is 1. The van der Waals surface area contributed by atoms with Crippen LogP contribution in [0.2, 0.25) is 0 Å². The van der Waals surface area contributed by atoms with E-state index in [4.69, 9.17) is 9.26 Å². The van der Waals surface area contributed by atoms with Crippen LogP contribution in [0.1, 0.15) is 43.5 Å². The molecule has 3 rings (SSSR count). The van der Waals surface area contributed by atoms with Gasteiger partial charge in [-0.2, -0.15) is 4.98 Å². The van der Waals surface area contributed by atoms with E-state index in [1.165, 1.54) is 0 Å². The van der Waals surface area contributed by atoms with E-state index in [0.717, 1.165) is 11.3 Å². The molecule has 0 saturated heterocycles. The molecule has 0 unspecified atom stereocenters. The fourth-order valence-electron chi connectivity index (χ4n) is 2.50. The van der Waals surface area contributed by atoms with Gasteiger partial charge in [-0.25, -0.2) is 0 Å². The Labute approximate surface area is 158 Å². The number of rotatable bonds is 7. The topological polar surface area (TPSA) is 77.2 Å². The molecule has 0 saturated carbocycles. The predicted molar refractivity (Wildman–Crippen MR) is 103 cm³/mol. The molecule has 6 nitrogen and oxygen atoms in total. The molecule has 0 aliphatic carbocycles. The standard InChI is InChI=1S/C21H23N3O3/c1-14(2)21-23-20(27-24-21)12-11-19(25)22-17-9-4-5-10-18(17)26-16-8-6-7-15(3)13-16/h4-10,13-14H,11-12H2,1-3H3,(H,22,25). The van der Waals surface area contributed by atoms with Crippen molar-refractivity contribution in [1.29, 1.82) is 0 Å². The summed E-state index contributed by atoms with van der Waals surface area (Å²) in [5.41, 5.74) is 1.73. The largest absolute Gasteiger partial charge is 0.455 e. The maximum atomic E-state index is 12.3. The minimum absolute atomic E-state index is 0.139. The Hall–Kier alpha value is -3.15. The molecule has 140 valence electrons. The van der Waals surface area contributed by atoms with Crippen LogP contribution in [0.5, 0.6) is 11.5 Å². The number of ether oxygens (including phenoxy) is 1. The van der Waals surface area contributed by atoms with E-state index in [2.05, 4.69) is 15.5 Å². The highest BCUT2D eigenvalue weighted by molar-refractivity contribution is 5.92. The van der Waals surface area contributed by atoms with Gasteiger partial charge in [-0.1, -0.05) is 43.3 Å². The van der Waals surface area contributed by atoms with Gasteiger partial charge in [0.15, 0.2) is 11.6 Å². The zero-order valence-corrected chi connectivity index (χ0v) is 15.7. The molecule has 0 spiro atoms. The molecular formula is C21H23N3O3. The Morgan fingerprint density at radius 2 is 2.00 bits per heavy atom. The molecular weight excluding hydrogens is 342 g/mol. The third kappa shape index (κ3) is 5.17. The van der Waals surface area contributed by atoms with Crippen LogP contribution in [0.3, 0.4) is 0 Å². The molecule has 1 heterocycles. The number of anilines is 1. The Morgan fingerprint density at radius 1 is 1.19 bits per heavy atom. The predicted octanol–water partition coefficient (Wildman–Crippen LogP) is 4.87. The first-order valence-corrected chi connectivity index (χ1v) is 8.97. The molecule has 3 aromatic rings. The summed E-state index contributed by atoms with van der Waals surface area (Å²) in [6.45, 7) is 5.99. The number of hydrogen-bond acceptors (Lipinski definition) is 5. The summed E-state index contributed by atoms with van der Waals surface area (Å²) in [6.07, 6.45) is 0.644. The Morgan fingerprint density at radius 3 is 2.74 bits per heavy atom. The molecule has 0 fully saturated rings. The second-order valence-corrected chi connectivity index (χ2v) is 6.66. The summed E-state index contributed by atoms with van der Waals surface area (Å²) < 4.78 is 11.1. The number of nitrogens with zero attached hydrogens (tertiary/aromatic N) is 2. The number of hydrogen-bond donors (Lipinski definition) is 1. The van der Waals surface area contributed by atoms with Gasteiger partial charge >= 0.3 is 0 Å². The Kier molecular flexibility index (Phi) is 5.86. The fourth-order valence-corrected chi connectivity index (χ4v) is 2.50. The molecule has 0 bridgehead atoms. The number of carbonyl (C=O) groups excluding carboxylic acids is 1. The van der Waals surface area contributed by atoms with Crippen LogP contribution in [0.25, 0.3) is 0 Å². The molecule has 2 aromatic carbocycles. The van der Waals surface area contributed by atoms with Crippen molar-refractivity contribution in [1.82, 2.24) is 10.1 Å². The molecule has 27 heavy (non-hydrogen) atoms. The van der Waals surface area contributed by atoms with Crippen LogP contribution < -0.4 is 10.1 Å². The van der Waals surface area contributed by atoms with Crippen molar-refractivity contribution in [3.63, 3.8) is 0 Å². The number of amides is 1. The highest BCUT2D eigenvalue weighted by Gasteiger charge is 2.13. The lowest BCUT2D eigenvalue weighted by Gasteiger charge is -2.12. The minimum atomic E-state index is -0.139. The van der Waals surface area contributed by atoms with Gasteiger partial charge < -0.3 is 14.6 Å². The number of aromatic nitrogens is 2. The maximum Gasteiger partial charge on any atom is 0.227 e. The first-order chi connectivity index (χ1) is 13.0. The highest BCUT2D eigenvalue weighted by Crippen LogP contribution is 2.29. The summed E-state index contributed by atoms with van der Waals surface area (Å²) in [5.74, 6) is 2.50. The van der Waals surface area contributed by atoms with Crippen LogP contribution in [-0.2, 0) is 11.2 Å². The van der Waals surface area contributed by atoms with Gasteiger partial charge in [0.2, 0.25) is 11.8 Å². The van der Waals surface area contributed by atoms with E-state index in [1.807, 2.05) is 69.3 Å². The van der Waals surface area contributed by atoms with Crippen LogP contribution in [0.4, 0.5) is 5.69 Å². The Bertz CT molecular complexity index is 918. The molecule has 1 amide bonds. The zero-order valence-electron chi connectivity index (χ0n) is 15.7. The number of aryl methyl sites for hydroxylation is 2. The first-order valence-electron chi connectivity index (χ1n) is 8.97. The summed E-state index contributed by atoms with van der Waals surface area (Å²) >= 11 is 0. The van der Waals surface area contributed by atoms with Gasteiger partial charge in [0.05, 0.1) is 5.69 Å². The van der Waals surface area contributed by atoms with Crippen LogP contribution >= 0.6 is 0 Å². The van der Waals surface area contributed by atoms with Gasteiger partial charge in [-0.05, 0) is 36.8 Å². The monoisotopic (exact) mass is 365 g/mol. The van der Waals surface area contributed by atoms with Crippen molar-refractivity contribution in [2.24, 2.45) is 0 Å². The molecule has 0 aliphatic rings. The summed E-state index contributed by atoms with van der Waals surface area (Å²) in [6, 6.07) is 15.1. The molecule has 6 heteroatoms. The van der Waals surface area contributed by atoms with Gasteiger partial charge in [-0.15, -0.1) is 0 Å². The average molecular weight is 365 g/mol. The van der Waals surface area contributed by atoms with Crippen molar-refractivity contribution < 1.29 is 14.1 Å². The van der Waals surface area contributed by atoms with Crippen LogP contribution in [-0.4, -0.2) is 16.0 Å². The zero-order chi connectivity index (χ0) is 19.2. The normalized spacial score (nSPS) is 10.8. The molecule has 1 N–H and O–H groups in total. The van der Waals surface area contributed by atoms with Crippen molar-refractivity contribution in [2.45, 2.75) is 39.5 Å². The van der Waals surface area contributed by atoms with Crippen LogP contribution in [0, 0.1) is 6.92 Å². The van der Waals surface area contributed by atoms with Crippen LogP contribution in [0.15, 0.2) is 53.1 Å². The molecule has 0 atom stereocenters. The van der Waals surface area contributed by atoms with Gasteiger partial charge in [0, 0.05) is 18.8 Å². The molecule has 0 aliphatic heterocycles. The number of para-hydroxylation sites is 2. The highest BCUT2D eigenvalue weighted by atomic mass is 16.5. The average Bonchev–Trinajstić information content (AvgIpc) is 3.11. The smallest absolute Gasteiger partial charge is 0.227 e. The van der Waals surface area contributed by atoms with E-state index in [1.54, 1.807) is 0 Å². The summed E-state index contributed by atoms with van der Waals surface area (Å²) in [4.78, 5) is 16.6. The SMILES string of the molecule is Cc1cccc(Oc2ccccc2NC(=O)CCc2nc(C(C)C)no2)c1. The lowest BCUT2D eigenvalue weighted by atomic mass is 10.2. The third-order valence-electron chi connectivity index (χ3n) is 3.94.